The van der Waals surface area contributed by atoms with Gasteiger partial charge in [0.15, 0.2) is 0 Å². The maximum Gasteiger partial charge on any atom is 0.407 e. The molecule has 0 radical (unpaired) electrons. The fourth-order valence-corrected chi connectivity index (χ4v) is 4.75. The second-order valence-electron chi connectivity index (χ2n) is 8.66. The van der Waals surface area contributed by atoms with E-state index in [0.717, 1.165) is 18.9 Å². The quantitative estimate of drug-likeness (QED) is 0.508. The first-order chi connectivity index (χ1) is 16.0. The van der Waals surface area contributed by atoms with Crippen LogP contribution in [0.15, 0.2) is 60.7 Å². The van der Waals surface area contributed by atoms with Crippen LogP contribution in [0, 0.1) is 11.8 Å². The van der Waals surface area contributed by atoms with E-state index >= 15 is 0 Å². The van der Waals surface area contributed by atoms with E-state index in [-0.39, 0.29) is 18.4 Å². The number of rotatable bonds is 9. The number of amides is 2. The van der Waals surface area contributed by atoms with Crippen molar-refractivity contribution in [1.82, 2.24) is 10.6 Å². The number of carboxylic acid groups (broad SMARTS) is 1. The number of alkyl carbamates (subject to hydrolysis) is 1. The van der Waals surface area contributed by atoms with Gasteiger partial charge in [0.2, 0.25) is 5.91 Å². The van der Waals surface area contributed by atoms with Crippen LogP contribution in [0.5, 0.6) is 0 Å². The molecule has 0 aliphatic heterocycles. The van der Waals surface area contributed by atoms with Crippen molar-refractivity contribution < 1.29 is 24.2 Å². The molecule has 2 aliphatic carbocycles. The Morgan fingerprint density at radius 2 is 1.58 bits per heavy atom. The molecule has 0 heterocycles. The molecule has 7 heteroatoms. The van der Waals surface area contributed by atoms with Crippen LogP contribution < -0.4 is 10.6 Å². The fourth-order valence-electron chi connectivity index (χ4n) is 4.75. The highest BCUT2D eigenvalue weighted by Crippen LogP contribution is 2.44. The van der Waals surface area contributed by atoms with Gasteiger partial charge in [0, 0.05) is 31.5 Å². The number of ether oxygens (including phenoxy) is 1. The van der Waals surface area contributed by atoms with E-state index in [1.54, 1.807) is 0 Å². The number of fused-ring (bicyclic) bond motifs is 3. The van der Waals surface area contributed by atoms with Gasteiger partial charge in [-0.25, -0.2) is 9.59 Å². The largest absolute Gasteiger partial charge is 0.478 e. The molecule has 0 spiro atoms. The predicted octanol–water partition coefficient (Wildman–Crippen LogP) is 3.70. The van der Waals surface area contributed by atoms with Crippen molar-refractivity contribution in [2.45, 2.75) is 25.2 Å². The lowest BCUT2D eigenvalue weighted by Gasteiger charge is -2.35. The zero-order chi connectivity index (χ0) is 23.2. The summed E-state index contributed by atoms with van der Waals surface area (Å²) in [5.41, 5.74) is 4.77. The van der Waals surface area contributed by atoms with Crippen molar-refractivity contribution >= 4 is 18.0 Å². The van der Waals surface area contributed by atoms with Crippen LogP contribution in [0.3, 0.4) is 0 Å². The minimum atomic E-state index is -1.03. The Morgan fingerprint density at radius 1 is 0.939 bits per heavy atom. The van der Waals surface area contributed by atoms with Crippen LogP contribution in [0.25, 0.3) is 11.1 Å². The molecule has 2 aromatic carbocycles. The molecule has 0 unspecified atom stereocenters. The monoisotopic (exact) mass is 448 g/mol. The van der Waals surface area contributed by atoms with Crippen molar-refractivity contribution in [3.05, 3.63) is 71.8 Å². The summed E-state index contributed by atoms with van der Waals surface area (Å²) in [4.78, 5) is 34.5. The van der Waals surface area contributed by atoms with Crippen molar-refractivity contribution in [3.8, 4) is 11.1 Å². The molecule has 172 valence electrons. The summed E-state index contributed by atoms with van der Waals surface area (Å²) in [7, 11) is 0. The highest BCUT2D eigenvalue weighted by atomic mass is 16.5. The highest BCUT2D eigenvalue weighted by Gasteiger charge is 2.32. The van der Waals surface area contributed by atoms with E-state index in [0.29, 0.717) is 31.4 Å². The SMILES string of the molecule is O=C(O)/C=C/CNC(=O)CC1CC(CNC(=O)OCC2c3ccccc3-c3ccccc32)C1. The van der Waals surface area contributed by atoms with Gasteiger partial charge in [-0.3, -0.25) is 4.79 Å². The van der Waals surface area contributed by atoms with Crippen LogP contribution >= 0.6 is 0 Å². The van der Waals surface area contributed by atoms with Gasteiger partial charge >= 0.3 is 12.1 Å². The second-order valence-corrected chi connectivity index (χ2v) is 8.66. The standard InChI is InChI=1S/C26H28N2O5/c29-24(27-11-5-10-25(30)31)14-17-12-18(13-17)15-28-26(32)33-16-23-21-8-3-1-6-19(21)20-7-2-4-9-22(20)23/h1-10,17-18,23H,11-16H2,(H,27,29)(H,28,32)(H,30,31)/b10-5+. The Hall–Kier alpha value is -3.61. The van der Waals surface area contributed by atoms with Gasteiger partial charge in [-0.15, -0.1) is 0 Å². The maximum atomic E-state index is 12.3. The number of hydrogen-bond acceptors (Lipinski definition) is 4. The number of hydrogen-bond donors (Lipinski definition) is 3. The van der Waals surface area contributed by atoms with Gasteiger partial charge in [0.05, 0.1) is 0 Å². The summed E-state index contributed by atoms with van der Waals surface area (Å²) in [6.45, 7) is 1.05. The molecule has 0 atom stereocenters. The molecule has 2 amide bonds. The van der Waals surface area contributed by atoms with Gasteiger partial charge in [0.25, 0.3) is 0 Å². The molecule has 1 saturated carbocycles. The fraction of sp³-hybridized carbons (Fsp3) is 0.346. The minimum Gasteiger partial charge on any atom is -0.478 e. The zero-order valence-electron chi connectivity index (χ0n) is 18.3. The smallest absolute Gasteiger partial charge is 0.407 e. The third-order valence-corrected chi connectivity index (χ3v) is 6.36. The number of carbonyl (C=O) groups excluding carboxylic acids is 2. The van der Waals surface area contributed by atoms with E-state index in [1.165, 1.54) is 28.3 Å². The Balaban J connectivity index is 1.15. The number of carboxylic acids is 1. The van der Waals surface area contributed by atoms with E-state index in [1.807, 2.05) is 24.3 Å². The average Bonchev–Trinajstić information content (AvgIpc) is 3.10. The van der Waals surface area contributed by atoms with Crippen LogP contribution in [-0.4, -0.2) is 42.8 Å². The van der Waals surface area contributed by atoms with Gasteiger partial charge in [-0.05, 0) is 46.9 Å². The van der Waals surface area contributed by atoms with Crippen molar-refractivity contribution in [2.24, 2.45) is 11.8 Å². The van der Waals surface area contributed by atoms with E-state index in [9.17, 15) is 14.4 Å². The van der Waals surface area contributed by atoms with Crippen molar-refractivity contribution in [1.29, 1.82) is 0 Å². The summed E-state index contributed by atoms with van der Waals surface area (Å²) in [5.74, 6) is -0.439. The number of benzene rings is 2. The second kappa shape index (κ2) is 10.3. The first-order valence-corrected chi connectivity index (χ1v) is 11.3. The first kappa shape index (κ1) is 22.6. The molecular weight excluding hydrogens is 420 g/mol. The molecule has 0 saturated heterocycles. The molecule has 33 heavy (non-hydrogen) atoms. The van der Waals surface area contributed by atoms with Crippen LogP contribution in [0.4, 0.5) is 4.79 Å². The van der Waals surface area contributed by atoms with Crippen LogP contribution in [0.2, 0.25) is 0 Å². The molecule has 2 aliphatic rings. The number of nitrogens with one attached hydrogen (secondary N) is 2. The lowest BCUT2D eigenvalue weighted by molar-refractivity contribution is -0.131. The number of carbonyl (C=O) groups is 3. The third-order valence-electron chi connectivity index (χ3n) is 6.36. The summed E-state index contributed by atoms with van der Waals surface area (Å²) >= 11 is 0. The maximum absolute atomic E-state index is 12.3. The van der Waals surface area contributed by atoms with Gasteiger partial charge in [-0.2, -0.15) is 0 Å². The Bertz CT molecular complexity index is 1010. The first-order valence-electron chi connectivity index (χ1n) is 11.3. The van der Waals surface area contributed by atoms with E-state index < -0.39 is 12.1 Å². The molecular formula is C26H28N2O5. The summed E-state index contributed by atoms with van der Waals surface area (Å²) in [5, 5.41) is 14.1. The molecule has 1 fully saturated rings. The molecule has 0 bridgehead atoms. The molecule has 2 aromatic rings. The van der Waals surface area contributed by atoms with E-state index in [2.05, 4.69) is 34.9 Å². The van der Waals surface area contributed by atoms with Gasteiger partial charge in [0.1, 0.15) is 6.61 Å². The molecule has 7 nitrogen and oxygen atoms in total. The Kier molecular flexibility index (Phi) is 7.07. The lowest BCUT2D eigenvalue weighted by Crippen LogP contribution is -2.38. The minimum absolute atomic E-state index is 0.0417. The van der Waals surface area contributed by atoms with Gasteiger partial charge < -0.3 is 20.5 Å². The van der Waals surface area contributed by atoms with Gasteiger partial charge in [-0.1, -0.05) is 54.6 Å². The average molecular weight is 449 g/mol. The predicted molar refractivity (Wildman–Crippen MR) is 124 cm³/mol. The zero-order valence-corrected chi connectivity index (χ0v) is 18.3. The third kappa shape index (κ3) is 5.61. The van der Waals surface area contributed by atoms with E-state index in [4.69, 9.17) is 9.84 Å². The Morgan fingerprint density at radius 3 is 2.21 bits per heavy atom. The summed E-state index contributed by atoms with van der Waals surface area (Å²) in [6.07, 6.45) is 4.17. The molecule has 4 rings (SSSR count). The van der Waals surface area contributed by atoms with Crippen molar-refractivity contribution in [2.75, 3.05) is 19.7 Å². The topological polar surface area (TPSA) is 105 Å². The molecule has 3 N–H and O–H groups in total. The van der Waals surface area contributed by atoms with Crippen molar-refractivity contribution in [3.63, 3.8) is 0 Å². The summed E-state index contributed by atoms with van der Waals surface area (Å²) in [6, 6.07) is 16.5. The number of aliphatic carboxylic acids is 1. The van der Waals surface area contributed by atoms with Crippen LogP contribution in [-0.2, 0) is 14.3 Å². The van der Waals surface area contributed by atoms with Crippen LogP contribution in [0.1, 0.15) is 36.3 Å². The Labute approximate surface area is 192 Å². The lowest BCUT2D eigenvalue weighted by atomic mass is 9.73. The normalized spacial score (nSPS) is 18.8. The molecule has 0 aromatic heterocycles. The highest BCUT2D eigenvalue weighted by molar-refractivity contribution is 5.80. The summed E-state index contributed by atoms with van der Waals surface area (Å²) < 4.78 is 5.56.